The van der Waals surface area contributed by atoms with Crippen molar-refractivity contribution in [3.05, 3.63) is 77.9 Å². The van der Waals surface area contributed by atoms with Gasteiger partial charge in [0, 0.05) is 17.7 Å². The number of hydrogen-bond acceptors (Lipinski definition) is 7. The Bertz CT molecular complexity index is 1310. The van der Waals surface area contributed by atoms with Gasteiger partial charge < -0.3 is 24.3 Å². The molecule has 3 aromatic rings. The van der Waals surface area contributed by atoms with Crippen LogP contribution in [0.2, 0.25) is 0 Å². The van der Waals surface area contributed by atoms with Gasteiger partial charge >= 0.3 is 5.97 Å². The van der Waals surface area contributed by atoms with E-state index in [1.54, 1.807) is 36.4 Å². The van der Waals surface area contributed by atoms with E-state index in [0.717, 1.165) is 0 Å². The van der Waals surface area contributed by atoms with Crippen LogP contribution in [-0.2, 0) is 14.3 Å². The summed E-state index contributed by atoms with van der Waals surface area (Å²) in [5.41, 5.74) is 1.19. The summed E-state index contributed by atoms with van der Waals surface area (Å²) in [5.74, 6) is 0.637. The second-order valence-electron chi connectivity index (χ2n) is 8.31. The minimum atomic E-state index is -1.03. The Balaban J connectivity index is 1.34. The van der Waals surface area contributed by atoms with E-state index in [4.69, 9.17) is 18.9 Å². The number of likely N-dealkylation sites (tertiary alicyclic amines) is 1. The quantitative estimate of drug-likeness (QED) is 0.495. The van der Waals surface area contributed by atoms with Crippen LogP contribution in [0.15, 0.2) is 66.7 Å². The molecule has 9 heteroatoms. The highest BCUT2D eigenvalue weighted by Gasteiger charge is 2.47. The molecule has 2 aliphatic rings. The molecule has 1 unspecified atom stereocenters. The first kappa shape index (κ1) is 23.2. The monoisotopic (exact) mass is 488 g/mol. The highest BCUT2D eigenvalue weighted by atomic mass is 16.6. The Labute approximate surface area is 207 Å². The molecule has 0 saturated carbocycles. The average molecular weight is 488 g/mol. The lowest BCUT2D eigenvalue weighted by Crippen LogP contribution is -2.43. The summed E-state index contributed by atoms with van der Waals surface area (Å²) in [6.45, 7) is 0. The maximum absolute atomic E-state index is 13.2. The van der Waals surface area contributed by atoms with Crippen molar-refractivity contribution in [2.24, 2.45) is 0 Å². The van der Waals surface area contributed by atoms with Gasteiger partial charge in [-0.3, -0.25) is 14.5 Å². The Morgan fingerprint density at radius 2 is 1.67 bits per heavy atom. The van der Waals surface area contributed by atoms with Crippen molar-refractivity contribution in [1.29, 1.82) is 0 Å². The number of esters is 1. The molecular formula is C27H24N2O7. The zero-order chi connectivity index (χ0) is 25.2. The molecule has 0 radical (unpaired) electrons. The number of rotatable bonds is 7. The summed E-state index contributed by atoms with van der Waals surface area (Å²) in [7, 11) is 2.89. The predicted octanol–water partition coefficient (Wildman–Crippen LogP) is 4.29. The lowest BCUT2D eigenvalue weighted by molar-refractivity contribution is -0.144. The topological polar surface area (TPSA) is 103 Å². The van der Waals surface area contributed by atoms with Gasteiger partial charge in [0.25, 0.3) is 0 Å². The molecule has 3 aromatic carbocycles. The highest BCUT2D eigenvalue weighted by molar-refractivity contribution is 6.01. The van der Waals surface area contributed by atoms with E-state index in [0.29, 0.717) is 34.9 Å². The summed E-state index contributed by atoms with van der Waals surface area (Å²) in [6.07, 6.45) is -0.561. The van der Waals surface area contributed by atoms with E-state index < -0.39 is 18.2 Å². The molecule has 0 aromatic heterocycles. The maximum atomic E-state index is 13.2. The second kappa shape index (κ2) is 9.61. The summed E-state index contributed by atoms with van der Waals surface area (Å²) >= 11 is 0. The van der Waals surface area contributed by atoms with E-state index in [-0.39, 0.29) is 29.5 Å². The lowest BCUT2D eigenvalue weighted by atomic mass is 10.1. The number of para-hydroxylation sites is 1. The maximum Gasteiger partial charge on any atom is 0.344 e. The number of hydrogen-bond donors (Lipinski definition) is 1. The number of methoxy groups -OCH3 is 2. The van der Waals surface area contributed by atoms with Gasteiger partial charge in [0.1, 0.15) is 23.1 Å². The van der Waals surface area contributed by atoms with Crippen LogP contribution in [-0.4, -0.2) is 42.9 Å². The first-order valence-electron chi connectivity index (χ1n) is 11.4. The Morgan fingerprint density at radius 3 is 2.36 bits per heavy atom. The second-order valence-corrected chi connectivity index (χ2v) is 8.31. The Kier molecular flexibility index (Phi) is 6.20. The van der Waals surface area contributed by atoms with Gasteiger partial charge in [-0.15, -0.1) is 0 Å². The molecule has 36 heavy (non-hydrogen) atoms. The van der Waals surface area contributed by atoms with Gasteiger partial charge in [0.15, 0.2) is 11.5 Å². The summed E-state index contributed by atoms with van der Waals surface area (Å²) in [4.78, 5) is 40.1. The van der Waals surface area contributed by atoms with Crippen molar-refractivity contribution in [2.45, 2.75) is 25.1 Å². The van der Waals surface area contributed by atoms with Crippen LogP contribution in [0.3, 0.4) is 0 Å². The number of carbonyl (C=O) groups is 3. The highest BCUT2D eigenvalue weighted by Crippen LogP contribution is 2.45. The molecule has 2 aliphatic heterocycles. The fourth-order valence-electron chi connectivity index (χ4n) is 4.50. The molecule has 1 saturated heterocycles. The van der Waals surface area contributed by atoms with E-state index in [1.807, 2.05) is 30.3 Å². The van der Waals surface area contributed by atoms with Crippen LogP contribution in [0.1, 0.15) is 35.0 Å². The normalized spacial score (nSPS) is 18.4. The summed E-state index contributed by atoms with van der Waals surface area (Å²) in [5, 5.41) is 2.85. The number of benzene rings is 3. The molecule has 1 N–H and O–H groups in total. The molecule has 0 spiro atoms. The molecule has 0 bridgehead atoms. The minimum absolute atomic E-state index is 0.165. The largest absolute Gasteiger partial charge is 0.493 e. The zero-order valence-corrected chi connectivity index (χ0v) is 19.7. The molecule has 1 fully saturated rings. The average Bonchev–Trinajstić information content (AvgIpc) is 3.44. The van der Waals surface area contributed by atoms with Crippen molar-refractivity contribution in [1.82, 2.24) is 4.90 Å². The molecule has 2 atom stereocenters. The molecule has 0 aliphatic carbocycles. The molecule has 5 rings (SSSR count). The van der Waals surface area contributed by atoms with Gasteiger partial charge in [0.05, 0.1) is 14.2 Å². The number of fused-ring (bicyclic) bond motifs is 1. The SMILES string of the molecule is COc1ccc2c(c1OC)C(=O)OC2N1C(=O)CC[C@H]1C(=O)Nc1ccc(Oc2ccccc2)cc1. The fourth-order valence-corrected chi connectivity index (χ4v) is 4.50. The van der Waals surface area contributed by atoms with E-state index in [9.17, 15) is 14.4 Å². The van der Waals surface area contributed by atoms with Gasteiger partial charge in [-0.05, 0) is 55.0 Å². The number of carbonyl (C=O) groups excluding carboxylic acids is 3. The number of amides is 2. The van der Waals surface area contributed by atoms with Crippen molar-refractivity contribution < 1.29 is 33.3 Å². The van der Waals surface area contributed by atoms with Gasteiger partial charge in [0.2, 0.25) is 18.0 Å². The van der Waals surface area contributed by atoms with Crippen LogP contribution in [0.5, 0.6) is 23.0 Å². The molecule has 9 nitrogen and oxygen atoms in total. The predicted molar refractivity (Wildman–Crippen MR) is 129 cm³/mol. The Hall–Kier alpha value is -4.53. The number of ether oxygens (including phenoxy) is 4. The van der Waals surface area contributed by atoms with Gasteiger partial charge in [-0.2, -0.15) is 0 Å². The van der Waals surface area contributed by atoms with Crippen molar-refractivity contribution in [3.63, 3.8) is 0 Å². The number of anilines is 1. The van der Waals surface area contributed by atoms with Crippen LogP contribution in [0, 0.1) is 0 Å². The minimum Gasteiger partial charge on any atom is -0.493 e. The first-order chi connectivity index (χ1) is 17.5. The first-order valence-corrected chi connectivity index (χ1v) is 11.4. The van der Waals surface area contributed by atoms with Crippen molar-refractivity contribution >= 4 is 23.5 Å². The molecular weight excluding hydrogens is 464 g/mol. The molecule has 2 amide bonds. The van der Waals surface area contributed by atoms with E-state index in [1.165, 1.54) is 19.1 Å². The smallest absolute Gasteiger partial charge is 0.344 e. The van der Waals surface area contributed by atoms with E-state index in [2.05, 4.69) is 5.32 Å². The number of nitrogens with zero attached hydrogens (tertiary/aromatic N) is 1. The van der Waals surface area contributed by atoms with Crippen molar-refractivity contribution in [3.8, 4) is 23.0 Å². The third-order valence-electron chi connectivity index (χ3n) is 6.18. The summed E-state index contributed by atoms with van der Waals surface area (Å²) in [6, 6.07) is 18.8. The number of nitrogens with one attached hydrogen (secondary N) is 1. The summed E-state index contributed by atoms with van der Waals surface area (Å²) < 4.78 is 22.0. The third kappa shape index (κ3) is 4.19. The standard InChI is InChI=1S/C27H24N2O7/c1-33-21-14-12-19-23(24(21)34-2)27(32)36-26(19)29-20(13-15-22(29)30)25(31)28-16-8-10-18(11-9-16)35-17-6-4-3-5-7-17/h3-12,14,20,26H,13,15H2,1-2H3,(H,28,31)/t20-,26?/m0/s1. The van der Waals surface area contributed by atoms with Crippen LogP contribution < -0.4 is 19.5 Å². The molecule has 2 heterocycles. The van der Waals surface area contributed by atoms with Gasteiger partial charge in [-0.1, -0.05) is 18.2 Å². The zero-order valence-electron chi connectivity index (χ0n) is 19.7. The van der Waals surface area contributed by atoms with Gasteiger partial charge in [-0.25, -0.2) is 4.79 Å². The molecule has 184 valence electrons. The third-order valence-corrected chi connectivity index (χ3v) is 6.18. The van der Waals surface area contributed by atoms with Crippen LogP contribution in [0.25, 0.3) is 0 Å². The fraction of sp³-hybridized carbons (Fsp3) is 0.222. The van der Waals surface area contributed by atoms with E-state index >= 15 is 0 Å². The number of cyclic esters (lactones) is 1. The lowest BCUT2D eigenvalue weighted by Gasteiger charge is -2.29. The Morgan fingerprint density at radius 1 is 0.944 bits per heavy atom. The van der Waals surface area contributed by atoms with Crippen LogP contribution >= 0.6 is 0 Å². The van der Waals surface area contributed by atoms with Crippen LogP contribution in [0.4, 0.5) is 5.69 Å². The van der Waals surface area contributed by atoms with Crippen molar-refractivity contribution in [2.75, 3.05) is 19.5 Å².